The number of sulfone groups is 1. The standard InChI is InChI=1S/C13H14BrFO3S/c14-11-8-10(15)5-4-9(11)7-12(16)13-3-1-2-6-19(13,17)18/h4-5,8,13H,1-3,6-7H2. The summed E-state index contributed by atoms with van der Waals surface area (Å²) < 4.78 is 37.2. The number of Topliss-reactive ketones (excluding diaryl/α,β-unsaturated/α-hetero) is 1. The second-order valence-corrected chi connectivity index (χ2v) is 7.89. The summed E-state index contributed by atoms with van der Waals surface area (Å²) in [4.78, 5) is 12.1. The summed E-state index contributed by atoms with van der Waals surface area (Å²) in [6, 6.07) is 4.05. The summed E-state index contributed by atoms with van der Waals surface area (Å²) in [5, 5.41) is -0.891. The van der Waals surface area contributed by atoms with Crippen LogP contribution in [0.2, 0.25) is 0 Å². The van der Waals surface area contributed by atoms with Crippen LogP contribution in [0.15, 0.2) is 22.7 Å². The number of carbonyl (C=O) groups excluding carboxylic acids is 1. The van der Waals surface area contributed by atoms with Crippen molar-refractivity contribution >= 4 is 31.6 Å². The molecule has 6 heteroatoms. The molecule has 0 bridgehead atoms. The molecule has 19 heavy (non-hydrogen) atoms. The molecule has 1 aliphatic rings. The van der Waals surface area contributed by atoms with Crippen LogP contribution in [0.3, 0.4) is 0 Å². The van der Waals surface area contributed by atoms with Crippen LogP contribution in [0.5, 0.6) is 0 Å². The third-order valence-electron chi connectivity index (χ3n) is 3.32. The molecule has 0 saturated carbocycles. The van der Waals surface area contributed by atoms with Gasteiger partial charge in [-0.05, 0) is 30.5 Å². The lowest BCUT2D eigenvalue weighted by atomic mass is 10.0. The van der Waals surface area contributed by atoms with Crippen molar-refractivity contribution in [2.24, 2.45) is 0 Å². The van der Waals surface area contributed by atoms with Gasteiger partial charge in [0.1, 0.15) is 11.1 Å². The van der Waals surface area contributed by atoms with Crippen molar-refractivity contribution in [3.8, 4) is 0 Å². The van der Waals surface area contributed by atoms with Gasteiger partial charge in [0, 0.05) is 10.9 Å². The average molecular weight is 349 g/mol. The molecule has 1 heterocycles. The van der Waals surface area contributed by atoms with Crippen LogP contribution >= 0.6 is 15.9 Å². The maximum atomic E-state index is 13.0. The Labute approximate surface area is 120 Å². The number of hydrogen-bond donors (Lipinski definition) is 0. The largest absolute Gasteiger partial charge is 0.298 e. The van der Waals surface area contributed by atoms with Gasteiger partial charge in [-0.15, -0.1) is 0 Å². The molecule has 1 unspecified atom stereocenters. The molecule has 0 aromatic heterocycles. The van der Waals surface area contributed by atoms with E-state index in [1.807, 2.05) is 0 Å². The van der Waals surface area contributed by atoms with Crippen LogP contribution in [0.4, 0.5) is 4.39 Å². The Balaban J connectivity index is 2.17. The number of hydrogen-bond acceptors (Lipinski definition) is 3. The lowest BCUT2D eigenvalue weighted by Crippen LogP contribution is -2.36. The van der Waals surface area contributed by atoms with Crippen LogP contribution < -0.4 is 0 Å². The van der Waals surface area contributed by atoms with Gasteiger partial charge in [0.2, 0.25) is 0 Å². The molecule has 3 nitrogen and oxygen atoms in total. The zero-order valence-corrected chi connectivity index (χ0v) is 12.6. The van der Waals surface area contributed by atoms with Crippen molar-refractivity contribution in [3.63, 3.8) is 0 Å². The summed E-state index contributed by atoms with van der Waals surface area (Å²) in [6.45, 7) is 0. The molecule has 1 aromatic rings. The Morgan fingerprint density at radius 1 is 1.37 bits per heavy atom. The third-order valence-corrected chi connectivity index (χ3v) is 6.28. The highest BCUT2D eigenvalue weighted by Gasteiger charge is 2.34. The Kier molecular flexibility index (Phi) is 4.40. The second-order valence-electron chi connectivity index (χ2n) is 4.73. The van der Waals surface area contributed by atoms with Gasteiger partial charge in [0.15, 0.2) is 15.6 Å². The Morgan fingerprint density at radius 2 is 2.11 bits per heavy atom. The topological polar surface area (TPSA) is 51.2 Å². The molecule has 0 radical (unpaired) electrons. The van der Waals surface area contributed by atoms with E-state index in [1.165, 1.54) is 18.2 Å². The van der Waals surface area contributed by atoms with E-state index in [0.29, 0.717) is 22.9 Å². The third kappa shape index (κ3) is 3.42. The van der Waals surface area contributed by atoms with Crippen molar-refractivity contribution in [1.82, 2.24) is 0 Å². The highest BCUT2D eigenvalue weighted by atomic mass is 79.9. The normalized spacial score (nSPS) is 22.1. The summed E-state index contributed by atoms with van der Waals surface area (Å²) in [5.41, 5.74) is 0.618. The van der Waals surface area contributed by atoms with E-state index in [9.17, 15) is 17.6 Å². The molecule has 1 fully saturated rings. The van der Waals surface area contributed by atoms with Crippen LogP contribution in [-0.2, 0) is 21.1 Å². The SMILES string of the molecule is O=C(Cc1ccc(F)cc1Br)C1CCCCS1(=O)=O. The minimum Gasteiger partial charge on any atom is -0.298 e. The highest BCUT2D eigenvalue weighted by Crippen LogP contribution is 2.24. The van der Waals surface area contributed by atoms with Crippen LogP contribution in [0.25, 0.3) is 0 Å². The smallest absolute Gasteiger partial charge is 0.160 e. The molecular formula is C13H14BrFO3S. The van der Waals surface area contributed by atoms with E-state index in [-0.39, 0.29) is 18.0 Å². The van der Waals surface area contributed by atoms with Crippen molar-refractivity contribution in [2.45, 2.75) is 30.9 Å². The van der Waals surface area contributed by atoms with Crippen molar-refractivity contribution < 1.29 is 17.6 Å². The Hall–Kier alpha value is -0.750. The molecular weight excluding hydrogens is 335 g/mol. The lowest BCUT2D eigenvalue weighted by molar-refractivity contribution is -0.118. The lowest BCUT2D eigenvalue weighted by Gasteiger charge is -2.21. The first-order valence-corrected chi connectivity index (χ1v) is 8.59. The van der Waals surface area contributed by atoms with Crippen LogP contribution in [0, 0.1) is 5.82 Å². The number of ketones is 1. The fourth-order valence-electron chi connectivity index (χ4n) is 2.28. The van der Waals surface area contributed by atoms with Crippen molar-refractivity contribution in [2.75, 3.05) is 5.75 Å². The summed E-state index contributed by atoms with van der Waals surface area (Å²) in [7, 11) is -3.30. The molecule has 0 amide bonds. The van der Waals surface area contributed by atoms with Gasteiger partial charge in [0.25, 0.3) is 0 Å². The second kappa shape index (κ2) is 5.71. The van der Waals surface area contributed by atoms with E-state index in [4.69, 9.17) is 0 Å². The van der Waals surface area contributed by atoms with E-state index in [1.54, 1.807) is 0 Å². The fraction of sp³-hybridized carbons (Fsp3) is 0.462. The van der Waals surface area contributed by atoms with Gasteiger partial charge in [0.05, 0.1) is 5.75 Å². The van der Waals surface area contributed by atoms with Crippen LogP contribution in [0.1, 0.15) is 24.8 Å². The minimum absolute atomic E-state index is 0.0186. The summed E-state index contributed by atoms with van der Waals surface area (Å²) >= 11 is 3.19. The predicted molar refractivity (Wildman–Crippen MR) is 74.2 cm³/mol. The Morgan fingerprint density at radius 3 is 2.74 bits per heavy atom. The number of carbonyl (C=O) groups is 1. The molecule has 1 atom stereocenters. The predicted octanol–water partition coefficient (Wildman–Crippen LogP) is 2.67. The van der Waals surface area contributed by atoms with Gasteiger partial charge in [-0.1, -0.05) is 28.4 Å². The molecule has 0 N–H and O–H groups in total. The van der Waals surface area contributed by atoms with E-state index >= 15 is 0 Å². The fourth-order valence-corrected chi connectivity index (χ4v) is 4.67. The first kappa shape index (κ1) is 14.7. The summed E-state index contributed by atoms with van der Waals surface area (Å²) in [5.74, 6) is -0.603. The van der Waals surface area contributed by atoms with Crippen LogP contribution in [-0.4, -0.2) is 25.2 Å². The summed E-state index contributed by atoms with van der Waals surface area (Å²) in [6.07, 6.45) is 1.82. The van der Waals surface area contributed by atoms with Gasteiger partial charge in [-0.2, -0.15) is 0 Å². The first-order chi connectivity index (χ1) is 8.90. The zero-order valence-electron chi connectivity index (χ0n) is 10.2. The van der Waals surface area contributed by atoms with E-state index in [2.05, 4.69) is 15.9 Å². The van der Waals surface area contributed by atoms with Gasteiger partial charge >= 0.3 is 0 Å². The molecule has 1 saturated heterocycles. The average Bonchev–Trinajstić information content (AvgIpc) is 2.32. The minimum atomic E-state index is -3.30. The maximum absolute atomic E-state index is 13.0. The maximum Gasteiger partial charge on any atom is 0.160 e. The monoisotopic (exact) mass is 348 g/mol. The molecule has 2 rings (SSSR count). The number of halogens is 2. The van der Waals surface area contributed by atoms with Crippen molar-refractivity contribution in [1.29, 1.82) is 0 Å². The van der Waals surface area contributed by atoms with E-state index < -0.39 is 20.9 Å². The quantitative estimate of drug-likeness (QED) is 0.843. The molecule has 0 spiro atoms. The number of benzene rings is 1. The Bertz CT molecular complexity index is 598. The molecule has 0 aliphatic carbocycles. The van der Waals surface area contributed by atoms with Gasteiger partial charge < -0.3 is 0 Å². The number of rotatable bonds is 3. The van der Waals surface area contributed by atoms with Crippen molar-refractivity contribution in [3.05, 3.63) is 34.1 Å². The molecule has 1 aromatic carbocycles. The van der Waals surface area contributed by atoms with Gasteiger partial charge in [-0.25, -0.2) is 12.8 Å². The molecule has 1 aliphatic heterocycles. The first-order valence-electron chi connectivity index (χ1n) is 6.08. The van der Waals surface area contributed by atoms with Gasteiger partial charge in [-0.3, -0.25) is 4.79 Å². The zero-order chi connectivity index (χ0) is 14.0. The van der Waals surface area contributed by atoms with E-state index in [0.717, 1.165) is 6.42 Å². The highest BCUT2D eigenvalue weighted by molar-refractivity contribution is 9.10. The molecule has 104 valence electrons.